The highest BCUT2D eigenvalue weighted by atomic mass is 32.2. The Balaban J connectivity index is 0.791. The van der Waals surface area contributed by atoms with Crippen LogP contribution in [0.25, 0.3) is 22.0 Å². The Kier molecular flexibility index (Phi) is 13.6. The zero-order valence-electron chi connectivity index (χ0n) is 43.7. The van der Waals surface area contributed by atoms with Gasteiger partial charge in [0.1, 0.15) is 28.6 Å². The van der Waals surface area contributed by atoms with Crippen molar-refractivity contribution in [3.63, 3.8) is 0 Å². The van der Waals surface area contributed by atoms with Crippen molar-refractivity contribution >= 4 is 55.0 Å². The third-order valence-electron chi connectivity index (χ3n) is 16.4. The van der Waals surface area contributed by atoms with Crippen LogP contribution in [0, 0.1) is 28.4 Å². The number of aromatic nitrogens is 2. The summed E-state index contributed by atoms with van der Waals surface area (Å²) in [5.41, 5.74) is 5.33. The summed E-state index contributed by atoms with van der Waals surface area (Å²) in [6.07, 6.45) is 8.19. The van der Waals surface area contributed by atoms with E-state index in [9.17, 15) is 28.4 Å². The molecule has 18 heteroatoms. The lowest BCUT2D eigenvalue weighted by atomic mass is 9.59. The normalized spacial score (nSPS) is 21.2. The predicted molar refractivity (Wildman–Crippen MR) is 292 cm³/mol. The molecule has 0 radical (unpaired) electrons. The fourth-order valence-electron chi connectivity index (χ4n) is 12.3. The first kappa shape index (κ1) is 51.1. The van der Waals surface area contributed by atoms with Crippen LogP contribution in [-0.4, -0.2) is 102 Å². The van der Waals surface area contributed by atoms with Gasteiger partial charge in [0.05, 0.1) is 34.3 Å². The van der Waals surface area contributed by atoms with E-state index in [4.69, 9.17) is 13.9 Å². The number of carbonyl (C=O) groups is 1. The molecule has 1 amide bonds. The number of amides is 1. The number of nitro groups is 1. The van der Waals surface area contributed by atoms with Gasteiger partial charge in [-0.05, 0) is 135 Å². The van der Waals surface area contributed by atoms with Gasteiger partial charge >= 0.3 is 0 Å². The number of aryl methyl sites for hydroxylation is 1. The quantitative estimate of drug-likeness (QED) is 0.0525. The average molecular weight is 1050 g/mol. The van der Waals surface area contributed by atoms with Gasteiger partial charge in [-0.2, -0.15) is 0 Å². The van der Waals surface area contributed by atoms with Crippen LogP contribution in [0.3, 0.4) is 0 Å². The number of sulfonamides is 1. The number of methoxy groups -OCH3 is 1. The monoisotopic (exact) mass is 1050 g/mol. The number of aromatic amines is 1. The van der Waals surface area contributed by atoms with Crippen molar-refractivity contribution in [1.82, 2.24) is 24.5 Å². The van der Waals surface area contributed by atoms with E-state index >= 15 is 0 Å². The molecule has 4 fully saturated rings. The number of hydrogen-bond acceptors (Lipinski definition) is 14. The van der Waals surface area contributed by atoms with E-state index < -0.39 is 37.0 Å². The molecule has 2 aliphatic heterocycles. The second-order valence-corrected chi connectivity index (χ2v) is 24.0. The van der Waals surface area contributed by atoms with Gasteiger partial charge in [-0.25, -0.2) is 18.1 Å². The number of furan rings is 1. The summed E-state index contributed by atoms with van der Waals surface area (Å²) in [5.74, 6) is 1.71. The Bertz CT molecular complexity index is 3440. The molecule has 17 nitrogen and oxygen atoms in total. The van der Waals surface area contributed by atoms with E-state index in [1.807, 2.05) is 26.0 Å². The molecule has 4 aliphatic rings. The Morgan fingerprint density at radius 2 is 1.78 bits per heavy atom. The molecule has 4 aromatic carbocycles. The molecule has 2 saturated heterocycles. The highest BCUT2D eigenvalue weighted by molar-refractivity contribution is 7.90. The van der Waals surface area contributed by atoms with Crippen LogP contribution in [-0.2, 0) is 16.6 Å². The van der Waals surface area contributed by atoms with Crippen LogP contribution in [0.1, 0.15) is 104 Å². The van der Waals surface area contributed by atoms with Crippen LogP contribution < -0.4 is 24.4 Å². The minimum Gasteiger partial charge on any atom is -0.493 e. The third-order valence-corrected chi connectivity index (χ3v) is 17.7. The van der Waals surface area contributed by atoms with Crippen molar-refractivity contribution in [3.05, 3.63) is 142 Å². The Hall–Kier alpha value is -6.99. The molecule has 3 aromatic heterocycles. The number of ether oxygens (including phenoxy) is 2. The number of carbonyl (C=O) groups excluding carboxylic acids is 1. The van der Waals surface area contributed by atoms with E-state index in [0.29, 0.717) is 42.7 Å². The Morgan fingerprint density at radius 1 is 0.987 bits per heavy atom. The van der Waals surface area contributed by atoms with Gasteiger partial charge in [0.15, 0.2) is 11.3 Å². The summed E-state index contributed by atoms with van der Waals surface area (Å²) in [5, 5.41) is 27.6. The van der Waals surface area contributed by atoms with Gasteiger partial charge in [0, 0.05) is 98.1 Å². The topological polar surface area (TPSA) is 209 Å². The van der Waals surface area contributed by atoms with Crippen LogP contribution in [0.4, 0.5) is 17.1 Å². The average Bonchev–Trinajstić information content (AvgIpc) is 4.02. The largest absolute Gasteiger partial charge is 0.493 e. The molecular weight excluding hydrogens is 985 g/mol. The number of benzene rings is 4. The van der Waals surface area contributed by atoms with E-state index in [-0.39, 0.29) is 34.4 Å². The number of rotatable bonds is 16. The van der Waals surface area contributed by atoms with E-state index in [2.05, 4.69) is 91.0 Å². The molecule has 7 aromatic rings. The summed E-state index contributed by atoms with van der Waals surface area (Å²) in [6.45, 7) is 14.0. The fourth-order valence-corrected chi connectivity index (χ4v) is 13.3. The SMILES string of the molecule is COc1cc(CN2CCN(C3CC4(C3)CN(c3ccc(C(=O)NS(=O)(=O)c5ccc(NC[C@H]6CC[C@](C)(O)CC6)c([N+](=O)[O-])c5)c(Oc5cnc6[nH]ccc6c5)c3)C4)[C@H](c3ccccc3C(C)C)C2)cc2cc(C)oc12. The first-order chi connectivity index (χ1) is 36.4. The van der Waals surface area contributed by atoms with Gasteiger partial charge in [0.25, 0.3) is 21.6 Å². The number of H-pyrrole nitrogens is 1. The molecule has 0 unspecified atom stereocenters. The van der Waals surface area contributed by atoms with Crippen LogP contribution in [0.15, 0.2) is 113 Å². The van der Waals surface area contributed by atoms with Crippen molar-refractivity contribution < 1.29 is 37.1 Å². The lowest BCUT2D eigenvalue weighted by Crippen LogP contribution is -2.68. The number of fused-ring (bicyclic) bond motifs is 2. The molecule has 76 heavy (non-hydrogen) atoms. The molecule has 1 spiro atoms. The maximum atomic E-state index is 14.1. The van der Waals surface area contributed by atoms with Gasteiger partial charge in [-0.15, -0.1) is 0 Å². The van der Waals surface area contributed by atoms with Crippen LogP contribution in [0.5, 0.6) is 17.2 Å². The number of aliphatic hydroxyl groups is 1. The van der Waals surface area contributed by atoms with Gasteiger partial charge in [-0.1, -0.05) is 38.1 Å². The lowest BCUT2D eigenvalue weighted by Gasteiger charge is -2.63. The molecule has 5 heterocycles. The van der Waals surface area contributed by atoms with Crippen molar-refractivity contribution in [2.24, 2.45) is 11.3 Å². The number of nitrogens with zero attached hydrogens (tertiary/aromatic N) is 5. The summed E-state index contributed by atoms with van der Waals surface area (Å²) >= 11 is 0. The van der Waals surface area contributed by atoms with E-state index in [0.717, 1.165) is 105 Å². The summed E-state index contributed by atoms with van der Waals surface area (Å²) in [4.78, 5) is 40.4. The lowest BCUT2D eigenvalue weighted by molar-refractivity contribution is -0.384. The number of nitrogens with one attached hydrogen (secondary N) is 3. The van der Waals surface area contributed by atoms with Gasteiger partial charge in [-0.3, -0.25) is 24.7 Å². The molecule has 398 valence electrons. The van der Waals surface area contributed by atoms with Gasteiger partial charge < -0.3 is 34.2 Å². The second-order valence-electron chi connectivity index (χ2n) is 22.3. The summed E-state index contributed by atoms with van der Waals surface area (Å²) < 4.78 is 48.0. The molecule has 11 rings (SSSR count). The summed E-state index contributed by atoms with van der Waals surface area (Å²) in [7, 11) is -2.90. The molecule has 0 bridgehead atoms. The van der Waals surface area contributed by atoms with Crippen LogP contribution >= 0.6 is 0 Å². The molecule has 4 N–H and O–H groups in total. The molecular formula is C58H66N8O9S. The standard InChI is InChI=1S/C58H66N8O9S/c1-36(2)46-8-6-7-9-47(46)51-33-63(32-39-23-41-22-37(3)74-54(41)53(24-39)73-5)20-21-65(51)43-28-58(29-43)34-64(35-58)42-10-12-48(52(26-42)75-44-25-40-16-19-59-55(40)61-31-44)56(67)62-76(71,72)45-11-13-49(50(27-45)66(69)70)60-30-38-14-17-57(4,68)18-15-38/h6-13,16,19,22-27,31,36,38,43,51,60,68H,14-15,17-18,20-21,28-30,32-35H2,1-5H3,(H,59,61)(H,62,67)/t38-,51-,57-/m0/s1. The third kappa shape index (κ3) is 10.3. The van der Waals surface area contributed by atoms with Crippen molar-refractivity contribution in [2.75, 3.05) is 56.6 Å². The number of piperazine rings is 1. The molecule has 2 saturated carbocycles. The highest BCUT2D eigenvalue weighted by Gasteiger charge is 2.55. The molecule has 2 aliphatic carbocycles. The first-order valence-corrected chi connectivity index (χ1v) is 27.9. The smallest absolute Gasteiger partial charge is 0.293 e. The van der Waals surface area contributed by atoms with Crippen LogP contribution in [0.2, 0.25) is 0 Å². The Morgan fingerprint density at radius 3 is 2.54 bits per heavy atom. The minimum atomic E-state index is -4.60. The van der Waals surface area contributed by atoms with Crippen molar-refractivity contribution in [1.29, 1.82) is 0 Å². The minimum absolute atomic E-state index is 0.0391. The number of anilines is 2. The zero-order valence-corrected chi connectivity index (χ0v) is 44.5. The van der Waals surface area contributed by atoms with E-state index in [1.54, 1.807) is 31.5 Å². The van der Waals surface area contributed by atoms with Crippen molar-refractivity contribution in [2.45, 2.75) is 101 Å². The number of nitro benzene ring substituents is 1. The number of pyridine rings is 1. The predicted octanol–water partition coefficient (Wildman–Crippen LogP) is 10.4. The zero-order chi connectivity index (χ0) is 53.1. The Labute approximate surface area is 442 Å². The molecule has 1 atom stereocenters. The highest BCUT2D eigenvalue weighted by Crippen LogP contribution is 2.54. The number of hydrogen-bond donors (Lipinski definition) is 4. The van der Waals surface area contributed by atoms with Crippen molar-refractivity contribution in [3.8, 4) is 17.2 Å². The van der Waals surface area contributed by atoms with Gasteiger partial charge in [0.2, 0.25) is 0 Å². The fraction of sp³-hybridized carbons (Fsp3) is 0.414. The van der Waals surface area contributed by atoms with E-state index in [1.165, 1.54) is 35.0 Å². The second kappa shape index (κ2) is 20.2. The summed E-state index contributed by atoms with van der Waals surface area (Å²) in [6, 6.07) is 28.3. The maximum absolute atomic E-state index is 14.1. The first-order valence-electron chi connectivity index (χ1n) is 26.4. The maximum Gasteiger partial charge on any atom is 0.293 e.